The molecule has 2 aromatic heterocycles. The molecule has 0 aliphatic heterocycles. The minimum atomic E-state index is -0.341. The zero-order valence-electron chi connectivity index (χ0n) is 11.9. The van der Waals surface area contributed by atoms with E-state index >= 15 is 0 Å². The Morgan fingerprint density at radius 2 is 2.25 bits per heavy atom. The maximum absolute atomic E-state index is 12.2. The number of hydrogen-bond acceptors (Lipinski definition) is 6. The Hall–Kier alpha value is -2.38. The van der Waals surface area contributed by atoms with Crippen LogP contribution in [0.25, 0.3) is 0 Å². The van der Waals surface area contributed by atoms with Gasteiger partial charge in [0.2, 0.25) is 5.95 Å². The van der Waals surface area contributed by atoms with E-state index in [9.17, 15) is 4.79 Å². The van der Waals surface area contributed by atoms with E-state index in [-0.39, 0.29) is 23.8 Å². The molecule has 0 aliphatic carbocycles. The van der Waals surface area contributed by atoms with Gasteiger partial charge in [-0.05, 0) is 13.8 Å². The number of nitrogens with one attached hydrogen (secondary N) is 2. The van der Waals surface area contributed by atoms with Gasteiger partial charge in [0.25, 0.3) is 5.91 Å². The number of aryl methyl sites for hydroxylation is 1. The lowest BCUT2D eigenvalue weighted by atomic mass is 10.0. The zero-order chi connectivity index (χ0) is 14.7. The molecule has 0 aromatic carbocycles. The monoisotopic (exact) mass is 279 g/mol. The van der Waals surface area contributed by atoms with E-state index in [0.717, 1.165) is 0 Å². The minimum absolute atomic E-state index is 0.0608. The highest BCUT2D eigenvalue weighted by Gasteiger charge is 2.23. The van der Waals surface area contributed by atoms with Gasteiger partial charge in [0.05, 0.1) is 12.3 Å². The first-order valence-corrected chi connectivity index (χ1v) is 6.35. The van der Waals surface area contributed by atoms with Crippen LogP contribution in [0.3, 0.4) is 0 Å². The average molecular weight is 279 g/mol. The van der Waals surface area contributed by atoms with E-state index in [4.69, 9.17) is 9.26 Å². The van der Waals surface area contributed by atoms with Crippen molar-refractivity contribution in [3.05, 3.63) is 17.0 Å². The van der Waals surface area contributed by atoms with Crippen molar-refractivity contribution in [3.63, 3.8) is 0 Å². The maximum Gasteiger partial charge on any atom is 0.337 e. The summed E-state index contributed by atoms with van der Waals surface area (Å²) >= 11 is 0. The number of aromatic nitrogens is 4. The van der Waals surface area contributed by atoms with E-state index in [1.165, 1.54) is 0 Å². The molecule has 0 bridgehead atoms. The molecule has 2 rings (SSSR count). The SMILES string of the molecule is CCOc1n[nH]c(NC(=O)c2c(C)noc2C(C)C)n1. The van der Waals surface area contributed by atoms with Gasteiger partial charge in [-0.1, -0.05) is 19.0 Å². The van der Waals surface area contributed by atoms with Gasteiger partial charge in [0, 0.05) is 5.92 Å². The lowest BCUT2D eigenvalue weighted by Gasteiger charge is -2.04. The molecule has 8 nitrogen and oxygen atoms in total. The fraction of sp³-hybridized carbons (Fsp3) is 0.500. The number of carbonyl (C=O) groups is 1. The Morgan fingerprint density at radius 1 is 1.50 bits per heavy atom. The Balaban J connectivity index is 2.17. The number of anilines is 1. The summed E-state index contributed by atoms with van der Waals surface area (Å²) < 4.78 is 10.3. The molecule has 20 heavy (non-hydrogen) atoms. The molecule has 108 valence electrons. The first-order chi connectivity index (χ1) is 9.52. The third-order valence-electron chi connectivity index (χ3n) is 2.61. The number of H-pyrrole nitrogens is 1. The number of ether oxygens (including phenoxy) is 1. The van der Waals surface area contributed by atoms with Gasteiger partial charge < -0.3 is 9.26 Å². The maximum atomic E-state index is 12.2. The quantitative estimate of drug-likeness (QED) is 0.865. The molecule has 0 radical (unpaired) electrons. The van der Waals surface area contributed by atoms with Gasteiger partial charge in [-0.15, -0.1) is 5.10 Å². The lowest BCUT2D eigenvalue weighted by molar-refractivity contribution is 0.102. The van der Waals surface area contributed by atoms with Crippen molar-refractivity contribution in [3.8, 4) is 6.01 Å². The zero-order valence-corrected chi connectivity index (χ0v) is 11.9. The van der Waals surface area contributed by atoms with E-state index in [1.54, 1.807) is 6.92 Å². The topological polar surface area (TPSA) is 106 Å². The van der Waals surface area contributed by atoms with Crippen molar-refractivity contribution in [2.75, 3.05) is 11.9 Å². The average Bonchev–Trinajstić information content (AvgIpc) is 2.96. The van der Waals surface area contributed by atoms with Gasteiger partial charge in [0.15, 0.2) is 5.76 Å². The molecule has 0 saturated carbocycles. The van der Waals surface area contributed by atoms with E-state index in [1.807, 2.05) is 20.8 Å². The number of rotatable bonds is 5. The van der Waals surface area contributed by atoms with Crippen LogP contribution in [0.15, 0.2) is 4.52 Å². The highest BCUT2D eigenvalue weighted by Crippen LogP contribution is 2.23. The van der Waals surface area contributed by atoms with Crippen molar-refractivity contribution in [1.29, 1.82) is 0 Å². The lowest BCUT2D eigenvalue weighted by Crippen LogP contribution is -2.15. The summed E-state index contributed by atoms with van der Waals surface area (Å²) in [6.07, 6.45) is 0. The summed E-state index contributed by atoms with van der Waals surface area (Å²) in [5.41, 5.74) is 0.963. The van der Waals surface area contributed by atoms with Crippen molar-refractivity contribution in [2.45, 2.75) is 33.6 Å². The van der Waals surface area contributed by atoms with Crippen molar-refractivity contribution < 1.29 is 14.1 Å². The molecular weight excluding hydrogens is 262 g/mol. The van der Waals surface area contributed by atoms with E-state index in [0.29, 0.717) is 23.6 Å². The Kier molecular flexibility index (Phi) is 4.02. The van der Waals surface area contributed by atoms with E-state index < -0.39 is 0 Å². The van der Waals surface area contributed by atoms with Gasteiger partial charge in [-0.3, -0.25) is 10.1 Å². The molecule has 0 fully saturated rings. The summed E-state index contributed by atoms with van der Waals surface area (Å²) in [4.78, 5) is 16.2. The molecular formula is C12H17N5O3. The predicted octanol–water partition coefficient (Wildman–Crippen LogP) is 1.88. The van der Waals surface area contributed by atoms with Crippen LogP contribution < -0.4 is 10.1 Å². The smallest absolute Gasteiger partial charge is 0.337 e. The number of carbonyl (C=O) groups excluding carboxylic acids is 1. The minimum Gasteiger partial charge on any atom is -0.463 e. The standard InChI is InChI=1S/C12H17N5O3/c1-5-19-12-14-11(15-16-12)13-10(18)8-7(4)17-20-9(8)6(2)3/h6H,5H2,1-4H3,(H2,13,14,15,16,18). The number of amides is 1. The highest BCUT2D eigenvalue weighted by atomic mass is 16.5. The normalized spacial score (nSPS) is 10.8. The fourth-order valence-corrected chi connectivity index (χ4v) is 1.72. The van der Waals surface area contributed by atoms with Crippen LogP contribution in [0.5, 0.6) is 6.01 Å². The van der Waals surface area contributed by atoms with Gasteiger partial charge in [-0.2, -0.15) is 4.98 Å². The van der Waals surface area contributed by atoms with Crippen LogP contribution in [0.2, 0.25) is 0 Å². The molecule has 2 N–H and O–H groups in total. The van der Waals surface area contributed by atoms with Crippen LogP contribution in [0, 0.1) is 6.92 Å². The first-order valence-electron chi connectivity index (χ1n) is 6.35. The number of nitrogens with zero attached hydrogens (tertiary/aromatic N) is 3. The van der Waals surface area contributed by atoms with Crippen molar-refractivity contribution in [2.24, 2.45) is 0 Å². The third-order valence-corrected chi connectivity index (χ3v) is 2.61. The largest absolute Gasteiger partial charge is 0.463 e. The van der Waals surface area contributed by atoms with Crippen LogP contribution in [0.4, 0.5) is 5.95 Å². The third kappa shape index (κ3) is 2.79. The molecule has 8 heteroatoms. The van der Waals surface area contributed by atoms with Gasteiger partial charge in [0.1, 0.15) is 5.56 Å². The molecule has 2 aromatic rings. The number of aromatic amines is 1. The molecule has 0 spiro atoms. The Morgan fingerprint density at radius 3 is 2.90 bits per heavy atom. The summed E-state index contributed by atoms with van der Waals surface area (Å²) in [7, 11) is 0. The van der Waals surface area contributed by atoms with Crippen LogP contribution in [-0.4, -0.2) is 32.9 Å². The second-order valence-corrected chi connectivity index (χ2v) is 4.52. The van der Waals surface area contributed by atoms with Crippen molar-refractivity contribution in [1.82, 2.24) is 20.3 Å². The Labute approximate surface area is 115 Å². The summed E-state index contributed by atoms with van der Waals surface area (Å²) in [5.74, 6) is 0.482. The van der Waals surface area contributed by atoms with Gasteiger partial charge in [-0.25, -0.2) is 5.10 Å². The molecule has 1 amide bonds. The summed E-state index contributed by atoms with van der Waals surface area (Å²) in [5, 5.41) is 12.8. The first kappa shape index (κ1) is 14.0. The van der Waals surface area contributed by atoms with Gasteiger partial charge >= 0.3 is 6.01 Å². The molecule has 0 unspecified atom stereocenters. The van der Waals surface area contributed by atoms with Crippen LogP contribution >= 0.6 is 0 Å². The van der Waals surface area contributed by atoms with Crippen LogP contribution in [-0.2, 0) is 0 Å². The summed E-state index contributed by atoms with van der Waals surface area (Å²) in [6, 6.07) is 0.189. The Bertz CT molecular complexity index is 602. The fourth-order valence-electron chi connectivity index (χ4n) is 1.72. The molecule has 2 heterocycles. The molecule has 0 atom stereocenters. The molecule has 0 saturated heterocycles. The predicted molar refractivity (Wildman–Crippen MR) is 70.8 cm³/mol. The second kappa shape index (κ2) is 5.72. The van der Waals surface area contributed by atoms with Crippen molar-refractivity contribution >= 4 is 11.9 Å². The van der Waals surface area contributed by atoms with E-state index in [2.05, 4.69) is 25.7 Å². The number of hydrogen-bond donors (Lipinski definition) is 2. The highest BCUT2D eigenvalue weighted by molar-refractivity contribution is 6.04. The second-order valence-electron chi connectivity index (χ2n) is 4.52. The molecule has 0 aliphatic rings. The summed E-state index contributed by atoms with van der Waals surface area (Å²) in [6.45, 7) is 7.85. The van der Waals surface area contributed by atoms with Crippen LogP contribution in [0.1, 0.15) is 48.5 Å².